The summed E-state index contributed by atoms with van der Waals surface area (Å²) in [7, 11) is 3.72. The molecule has 0 aromatic carbocycles. The van der Waals surface area contributed by atoms with Gasteiger partial charge in [-0.2, -0.15) is 0 Å². The van der Waals surface area contributed by atoms with E-state index in [1.807, 2.05) is 32.8 Å². The predicted molar refractivity (Wildman–Crippen MR) is 86.1 cm³/mol. The molecule has 1 rings (SSSR count). The maximum atomic E-state index is 12.3. The molecule has 5 nitrogen and oxygen atoms in total. The van der Waals surface area contributed by atoms with E-state index in [1.165, 1.54) is 0 Å². The Bertz CT molecular complexity index is 472. The van der Waals surface area contributed by atoms with Crippen molar-refractivity contribution < 1.29 is 4.79 Å². The van der Waals surface area contributed by atoms with Crippen molar-refractivity contribution >= 4 is 27.7 Å². The van der Waals surface area contributed by atoms with Crippen LogP contribution in [0.3, 0.4) is 0 Å². The Hall–Kier alpha value is -1.14. The molecule has 1 aromatic rings. The third kappa shape index (κ3) is 4.18. The number of hydrogen-bond donors (Lipinski definition) is 2. The van der Waals surface area contributed by atoms with Crippen molar-refractivity contribution in [3.8, 4) is 0 Å². The Kier molecular flexibility index (Phi) is 5.95. The molecule has 1 amide bonds. The number of anilines is 1. The molecule has 0 unspecified atom stereocenters. The van der Waals surface area contributed by atoms with Crippen LogP contribution in [0.25, 0.3) is 0 Å². The van der Waals surface area contributed by atoms with Gasteiger partial charge in [0.25, 0.3) is 5.91 Å². The summed E-state index contributed by atoms with van der Waals surface area (Å²) in [6.07, 6.45) is 3.32. The fourth-order valence-corrected chi connectivity index (χ4v) is 2.14. The molecule has 0 saturated carbocycles. The second-order valence-corrected chi connectivity index (χ2v) is 6.09. The van der Waals surface area contributed by atoms with Crippen LogP contribution in [0.15, 0.2) is 16.7 Å². The third-order valence-corrected chi connectivity index (χ3v) is 3.94. The molecular formula is C14H23BrN4O. The summed E-state index contributed by atoms with van der Waals surface area (Å²) in [5, 5.41) is 2.91. The zero-order valence-corrected chi connectivity index (χ0v) is 14.1. The Morgan fingerprint density at radius 3 is 2.55 bits per heavy atom. The molecule has 20 heavy (non-hydrogen) atoms. The average molecular weight is 343 g/mol. The van der Waals surface area contributed by atoms with Crippen LogP contribution in [0.2, 0.25) is 0 Å². The van der Waals surface area contributed by atoms with Gasteiger partial charge in [-0.15, -0.1) is 0 Å². The SMILES string of the molecule is CCC(N)(CC)CNC(=O)c1cc(Br)cnc1N(C)C. The Morgan fingerprint density at radius 2 is 2.05 bits per heavy atom. The molecular weight excluding hydrogens is 320 g/mol. The summed E-state index contributed by atoms with van der Waals surface area (Å²) < 4.78 is 0.776. The van der Waals surface area contributed by atoms with Crippen LogP contribution in [0.1, 0.15) is 37.0 Å². The standard InChI is InChI=1S/C14H23BrN4O/c1-5-14(16,6-2)9-18-13(20)11-7-10(15)8-17-12(11)19(3)4/h7-8H,5-6,9,16H2,1-4H3,(H,18,20). The molecule has 0 radical (unpaired) electrons. The number of nitrogens with one attached hydrogen (secondary N) is 1. The fourth-order valence-electron chi connectivity index (χ4n) is 1.81. The van der Waals surface area contributed by atoms with Gasteiger partial charge in [-0.25, -0.2) is 4.98 Å². The number of rotatable bonds is 6. The maximum absolute atomic E-state index is 12.3. The third-order valence-electron chi connectivity index (χ3n) is 3.51. The van der Waals surface area contributed by atoms with Gasteiger partial charge in [0, 0.05) is 36.8 Å². The van der Waals surface area contributed by atoms with Gasteiger partial charge in [-0.1, -0.05) is 13.8 Å². The average Bonchev–Trinajstić information content (AvgIpc) is 2.43. The first-order valence-corrected chi connectivity index (χ1v) is 7.52. The summed E-state index contributed by atoms with van der Waals surface area (Å²) in [5.41, 5.74) is 6.39. The summed E-state index contributed by atoms with van der Waals surface area (Å²) in [5.74, 6) is 0.487. The fraction of sp³-hybridized carbons (Fsp3) is 0.571. The number of nitrogens with zero attached hydrogens (tertiary/aromatic N) is 2. The highest BCUT2D eigenvalue weighted by molar-refractivity contribution is 9.10. The molecule has 112 valence electrons. The number of amides is 1. The number of nitrogens with two attached hydrogens (primary N) is 1. The number of halogens is 1. The lowest BCUT2D eigenvalue weighted by Gasteiger charge is -2.27. The second kappa shape index (κ2) is 7.04. The van der Waals surface area contributed by atoms with Crippen LogP contribution in [-0.4, -0.2) is 37.1 Å². The van der Waals surface area contributed by atoms with E-state index in [2.05, 4.69) is 26.2 Å². The topological polar surface area (TPSA) is 71.2 Å². The maximum Gasteiger partial charge on any atom is 0.255 e. The quantitative estimate of drug-likeness (QED) is 0.830. The van der Waals surface area contributed by atoms with E-state index in [4.69, 9.17) is 5.73 Å². The molecule has 0 fully saturated rings. The summed E-state index contributed by atoms with van der Waals surface area (Å²) in [4.78, 5) is 18.4. The van der Waals surface area contributed by atoms with Gasteiger partial charge in [-0.05, 0) is 34.8 Å². The molecule has 6 heteroatoms. The molecule has 3 N–H and O–H groups in total. The molecule has 0 spiro atoms. The minimum Gasteiger partial charge on any atom is -0.362 e. The highest BCUT2D eigenvalue weighted by atomic mass is 79.9. The van der Waals surface area contributed by atoms with E-state index in [-0.39, 0.29) is 11.4 Å². The lowest BCUT2D eigenvalue weighted by atomic mass is 9.94. The van der Waals surface area contributed by atoms with Gasteiger partial charge in [0.15, 0.2) is 0 Å². The zero-order valence-electron chi connectivity index (χ0n) is 12.5. The van der Waals surface area contributed by atoms with Crippen LogP contribution in [0.5, 0.6) is 0 Å². The van der Waals surface area contributed by atoms with Crippen molar-refractivity contribution in [2.45, 2.75) is 32.2 Å². The monoisotopic (exact) mass is 342 g/mol. The van der Waals surface area contributed by atoms with Crippen LogP contribution in [-0.2, 0) is 0 Å². The first-order valence-electron chi connectivity index (χ1n) is 6.73. The Labute approximate surface area is 129 Å². The highest BCUT2D eigenvalue weighted by Gasteiger charge is 2.22. The van der Waals surface area contributed by atoms with Crippen LogP contribution >= 0.6 is 15.9 Å². The van der Waals surface area contributed by atoms with Gasteiger partial charge < -0.3 is 16.0 Å². The molecule has 0 aliphatic heterocycles. The zero-order chi connectivity index (χ0) is 15.3. The van der Waals surface area contributed by atoms with Crippen molar-refractivity contribution in [1.29, 1.82) is 0 Å². The number of aromatic nitrogens is 1. The van der Waals surface area contributed by atoms with E-state index < -0.39 is 0 Å². The van der Waals surface area contributed by atoms with Crippen molar-refractivity contribution in [3.63, 3.8) is 0 Å². The largest absolute Gasteiger partial charge is 0.362 e. The van der Waals surface area contributed by atoms with Gasteiger partial charge in [0.2, 0.25) is 0 Å². The van der Waals surface area contributed by atoms with Gasteiger partial charge >= 0.3 is 0 Å². The van der Waals surface area contributed by atoms with Crippen molar-refractivity contribution in [2.24, 2.45) is 5.73 Å². The molecule has 0 atom stereocenters. The highest BCUT2D eigenvalue weighted by Crippen LogP contribution is 2.20. The van der Waals surface area contributed by atoms with Gasteiger partial charge in [0.1, 0.15) is 5.82 Å². The van der Waals surface area contributed by atoms with Crippen LogP contribution in [0, 0.1) is 0 Å². The first kappa shape index (κ1) is 16.9. The minimum absolute atomic E-state index is 0.153. The predicted octanol–water partition coefficient (Wildman–Crippen LogP) is 2.16. The summed E-state index contributed by atoms with van der Waals surface area (Å²) in [6, 6.07) is 1.77. The molecule has 0 aliphatic carbocycles. The second-order valence-electron chi connectivity index (χ2n) is 5.17. The number of pyridine rings is 1. The normalized spacial score (nSPS) is 11.3. The minimum atomic E-state index is -0.354. The van der Waals surface area contributed by atoms with E-state index in [9.17, 15) is 4.79 Å². The molecule has 0 saturated heterocycles. The number of carbonyl (C=O) groups is 1. The van der Waals surface area contributed by atoms with Crippen molar-refractivity contribution in [1.82, 2.24) is 10.3 Å². The van der Waals surface area contributed by atoms with Crippen molar-refractivity contribution in [3.05, 3.63) is 22.3 Å². The van der Waals surface area contributed by atoms with E-state index >= 15 is 0 Å². The van der Waals surface area contributed by atoms with Crippen molar-refractivity contribution in [2.75, 3.05) is 25.5 Å². The lowest BCUT2D eigenvalue weighted by Crippen LogP contribution is -2.49. The molecule has 1 aromatic heterocycles. The molecule has 0 aliphatic rings. The first-order chi connectivity index (χ1) is 9.33. The Balaban J connectivity index is 2.90. The van der Waals surface area contributed by atoms with E-state index in [0.717, 1.165) is 17.3 Å². The summed E-state index contributed by atoms with van der Waals surface area (Å²) >= 11 is 3.35. The van der Waals surface area contributed by atoms with E-state index in [0.29, 0.717) is 17.9 Å². The van der Waals surface area contributed by atoms with Crippen LogP contribution in [0.4, 0.5) is 5.82 Å². The number of hydrogen-bond acceptors (Lipinski definition) is 4. The molecule has 1 heterocycles. The smallest absolute Gasteiger partial charge is 0.255 e. The molecule has 0 bridgehead atoms. The van der Waals surface area contributed by atoms with Crippen LogP contribution < -0.4 is 16.0 Å². The van der Waals surface area contributed by atoms with E-state index in [1.54, 1.807) is 12.3 Å². The summed E-state index contributed by atoms with van der Waals surface area (Å²) in [6.45, 7) is 4.52. The lowest BCUT2D eigenvalue weighted by molar-refractivity contribution is 0.0942. The Morgan fingerprint density at radius 1 is 1.45 bits per heavy atom. The number of carbonyl (C=O) groups excluding carboxylic acids is 1. The van der Waals surface area contributed by atoms with Gasteiger partial charge in [0.05, 0.1) is 5.56 Å². The van der Waals surface area contributed by atoms with Gasteiger partial charge in [-0.3, -0.25) is 4.79 Å².